The number of nitrogens with zero attached hydrogens (tertiary/aromatic N) is 1. The molecule has 0 radical (unpaired) electrons. The average Bonchev–Trinajstić information content (AvgIpc) is 3.12. The van der Waals surface area contributed by atoms with Crippen molar-refractivity contribution in [1.82, 2.24) is 9.97 Å². The van der Waals surface area contributed by atoms with Gasteiger partial charge in [0.25, 0.3) is 0 Å². The Kier molecular flexibility index (Phi) is 3.72. The highest BCUT2D eigenvalue weighted by Crippen LogP contribution is 2.44. The number of aromatic nitrogens is 2. The lowest BCUT2D eigenvalue weighted by atomic mass is 9.91. The van der Waals surface area contributed by atoms with E-state index in [1.165, 1.54) is 6.07 Å². The monoisotopic (exact) mass is 396 g/mol. The maximum absolute atomic E-state index is 13.1. The molecule has 0 atom stereocenters. The number of hydrogen-bond donors (Lipinski definition) is 1. The zero-order valence-corrected chi connectivity index (χ0v) is 16.0. The molecule has 0 saturated carbocycles. The maximum atomic E-state index is 13.1. The molecule has 0 saturated heterocycles. The number of halogens is 3. The summed E-state index contributed by atoms with van der Waals surface area (Å²) in [6.45, 7) is 4.13. The standard InChI is InChI=1S/C23H19F3N2O/c1-22(2)11-10-17-19-18(15-8-3-4-9-16(15)20(17)29-22)27-21(28-19)13-6-5-7-14(12-13)23(24,25)26/h3-9,12H,10-11H2,1-2H3,(H,27,28). The third-order valence-corrected chi connectivity index (χ3v) is 5.52. The van der Waals surface area contributed by atoms with Gasteiger partial charge in [-0.05, 0) is 38.8 Å². The summed E-state index contributed by atoms with van der Waals surface area (Å²) in [5.41, 5.74) is 2.05. The van der Waals surface area contributed by atoms with Crippen LogP contribution in [0.2, 0.25) is 0 Å². The fourth-order valence-corrected chi connectivity index (χ4v) is 4.04. The van der Waals surface area contributed by atoms with Crippen LogP contribution in [-0.4, -0.2) is 15.6 Å². The Balaban J connectivity index is 1.77. The van der Waals surface area contributed by atoms with Crippen molar-refractivity contribution in [2.75, 3.05) is 0 Å². The predicted octanol–water partition coefficient (Wildman–Crippen LogP) is 6.51. The van der Waals surface area contributed by atoms with Gasteiger partial charge >= 0.3 is 6.18 Å². The van der Waals surface area contributed by atoms with Gasteiger partial charge in [-0.15, -0.1) is 0 Å². The van der Waals surface area contributed by atoms with Crippen LogP contribution in [0, 0.1) is 0 Å². The van der Waals surface area contributed by atoms with Crippen LogP contribution in [0.3, 0.4) is 0 Å². The molecule has 0 aliphatic carbocycles. The number of benzene rings is 3. The Hall–Kier alpha value is -3.02. The van der Waals surface area contributed by atoms with E-state index in [0.717, 1.165) is 58.1 Å². The van der Waals surface area contributed by atoms with Crippen LogP contribution in [0.25, 0.3) is 33.2 Å². The number of hydrogen-bond acceptors (Lipinski definition) is 2. The van der Waals surface area contributed by atoms with Crippen molar-refractivity contribution in [3.63, 3.8) is 0 Å². The summed E-state index contributed by atoms with van der Waals surface area (Å²) in [7, 11) is 0. The van der Waals surface area contributed by atoms with Gasteiger partial charge in [-0.2, -0.15) is 13.2 Å². The molecule has 3 aromatic carbocycles. The lowest BCUT2D eigenvalue weighted by Crippen LogP contribution is -2.32. The summed E-state index contributed by atoms with van der Waals surface area (Å²) in [6, 6.07) is 13.1. The van der Waals surface area contributed by atoms with E-state index in [2.05, 4.69) is 18.8 Å². The van der Waals surface area contributed by atoms with E-state index in [9.17, 15) is 13.2 Å². The molecule has 0 amide bonds. The van der Waals surface area contributed by atoms with Gasteiger partial charge in [-0.1, -0.05) is 36.4 Å². The second-order valence-electron chi connectivity index (χ2n) is 8.10. The lowest BCUT2D eigenvalue weighted by molar-refractivity contribution is -0.137. The number of rotatable bonds is 1. The first-order chi connectivity index (χ1) is 13.7. The van der Waals surface area contributed by atoms with E-state index in [0.29, 0.717) is 11.4 Å². The minimum atomic E-state index is -4.40. The first-order valence-corrected chi connectivity index (χ1v) is 9.53. The molecule has 6 heteroatoms. The molecule has 1 N–H and O–H groups in total. The second kappa shape index (κ2) is 5.99. The molecule has 3 nitrogen and oxygen atoms in total. The number of H-pyrrole nitrogens is 1. The molecule has 0 spiro atoms. The average molecular weight is 396 g/mol. The molecule has 2 heterocycles. The van der Waals surface area contributed by atoms with Crippen molar-refractivity contribution in [2.24, 2.45) is 0 Å². The molecular formula is C23H19F3N2O. The fourth-order valence-electron chi connectivity index (χ4n) is 4.04. The minimum absolute atomic E-state index is 0.274. The number of imidazole rings is 1. The van der Waals surface area contributed by atoms with Crippen LogP contribution in [0.1, 0.15) is 31.4 Å². The molecule has 0 fully saturated rings. The molecule has 0 unspecified atom stereocenters. The van der Waals surface area contributed by atoms with Crippen LogP contribution in [0.15, 0.2) is 48.5 Å². The van der Waals surface area contributed by atoms with Crippen LogP contribution in [0.5, 0.6) is 5.75 Å². The Morgan fingerprint density at radius 1 is 1.03 bits per heavy atom. The largest absolute Gasteiger partial charge is 0.487 e. The van der Waals surface area contributed by atoms with Crippen molar-refractivity contribution in [1.29, 1.82) is 0 Å². The molecule has 1 aromatic heterocycles. The van der Waals surface area contributed by atoms with E-state index in [-0.39, 0.29) is 5.60 Å². The molecule has 5 rings (SSSR count). The Morgan fingerprint density at radius 3 is 2.55 bits per heavy atom. The molecule has 29 heavy (non-hydrogen) atoms. The smallest absolute Gasteiger partial charge is 0.416 e. The molecule has 0 bridgehead atoms. The van der Waals surface area contributed by atoms with Crippen molar-refractivity contribution in [3.05, 3.63) is 59.7 Å². The van der Waals surface area contributed by atoms with Gasteiger partial charge < -0.3 is 9.72 Å². The van der Waals surface area contributed by atoms with Crippen LogP contribution in [-0.2, 0) is 12.6 Å². The number of alkyl halides is 3. The maximum Gasteiger partial charge on any atom is 0.416 e. The number of aryl methyl sites for hydroxylation is 1. The first kappa shape index (κ1) is 18.0. The SMILES string of the molecule is CC1(C)CCc2c(c3ccccc3c3[nH]c(-c4cccc(C(F)(F)F)c4)nc23)O1. The minimum Gasteiger partial charge on any atom is -0.487 e. The highest BCUT2D eigenvalue weighted by Gasteiger charge is 2.32. The van der Waals surface area contributed by atoms with Crippen LogP contribution in [0.4, 0.5) is 13.2 Å². The van der Waals surface area contributed by atoms with Gasteiger partial charge in [-0.3, -0.25) is 0 Å². The quantitative estimate of drug-likeness (QED) is 0.398. The highest BCUT2D eigenvalue weighted by molar-refractivity contribution is 6.10. The van der Waals surface area contributed by atoms with Crippen LogP contribution < -0.4 is 4.74 Å². The van der Waals surface area contributed by atoms with Crippen LogP contribution >= 0.6 is 0 Å². The summed E-state index contributed by atoms with van der Waals surface area (Å²) >= 11 is 0. The van der Waals surface area contributed by atoms with E-state index in [1.54, 1.807) is 6.07 Å². The number of ether oxygens (including phenoxy) is 1. The van der Waals surface area contributed by atoms with Crippen molar-refractivity contribution in [2.45, 2.75) is 38.5 Å². The molecule has 1 aliphatic rings. The molecule has 4 aromatic rings. The first-order valence-electron chi connectivity index (χ1n) is 9.53. The van der Waals surface area contributed by atoms with Gasteiger partial charge in [0.2, 0.25) is 0 Å². The number of nitrogens with one attached hydrogen (secondary N) is 1. The normalized spacial score (nSPS) is 16.0. The van der Waals surface area contributed by atoms with Gasteiger partial charge in [0, 0.05) is 21.9 Å². The Bertz CT molecular complexity index is 1250. The summed E-state index contributed by atoms with van der Waals surface area (Å²) in [5, 5.41) is 1.94. The fraction of sp³-hybridized carbons (Fsp3) is 0.261. The zero-order valence-electron chi connectivity index (χ0n) is 16.0. The van der Waals surface area contributed by atoms with Gasteiger partial charge in [0.1, 0.15) is 17.2 Å². The third kappa shape index (κ3) is 2.94. The van der Waals surface area contributed by atoms with Gasteiger partial charge in [0.05, 0.1) is 16.6 Å². The summed E-state index contributed by atoms with van der Waals surface area (Å²) in [5.74, 6) is 1.25. The summed E-state index contributed by atoms with van der Waals surface area (Å²) < 4.78 is 45.8. The van der Waals surface area contributed by atoms with E-state index < -0.39 is 11.7 Å². The van der Waals surface area contributed by atoms with Gasteiger partial charge in [0.15, 0.2) is 0 Å². The summed E-state index contributed by atoms with van der Waals surface area (Å²) in [4.78, 5) is 7.98. The van der Waals surface area contributed by atoms with Gasteiger partial charge in [-0.25, -0.2) is 4.98 Å². The zero-order chi connectivity index (χ0) is 20.4. The van der Waals surface area contributed by atoms with E-state index >= 15 is 0 Å². The van der Waals surface area contributed by atoms with E-state index in [4.69, 9.17) is 9.72 Å². The molecule has 1 aliphatic heterocycles. The second-order valence-corrected chi connectivity index (χ2v) is 8.10. The molecular weight excluding hydrogens is 377 g/mol. The number of fused-ring (bicyclic) bond motifs is 6. The Labute approximate surface area is 165 Å². The molecule has 148 valence electrons. The summed E-state index contributed by atoms with van der Waals surface area (Å²) in [6.07, 6.45) is -2.75. The number of aromatic amines is 1. The third-order valence-electron chi connectivity index (χ3n) is 5.52. The highest BCUT2D eigenvalue weighted by atomic mass is 19.4. The van der Waals surface area contributed by atoms with E-state index in [1.807, 2.05) is 24.3 Å². The predicted molar refractivity (Wildman–Crippen MR) is 107 cm³/mol. The topological polar surface area (TPSA) is 37.9 Å². The van der Waals surface area contributed by atoms with Crippen molar-refractivity contribution < 1.29 is 17.9 Å². The van der Waals surface area contributed by atoms with Crippen molar-refractivity contribution in [3.8, 4) is 17.1 Å². The Morgan fingerprint density at radius 2 is 1.79 bits per heavy atom. The lowest BCUT2D eigenvalue weighted by Gasteiger charge is -2.33. The van der Waals surface area contributed by atoms with Crippen molar-refractivity contribution >= 4 is 21.8 Å².